The highest BCUT2D eigenvalue weighted by Gasteiger charge is 2.20. The molecule has 0 atom stereocenters. The minimum atomic E-state index is 0.513. The third-order valence-corrected chi connectivity index (χ3v) is 3.80. The summed E-state index contributed by atoms with van der Waals surface area (Å²) >= 11 is 0. The summed E-state index contributed by atoms with van der Waals surface area (Å²) in [5, 5.41) is 3.44. The van der Waals surface area contributed by atoms with Crippen molar-refractivity contribution in [1.82, 2.24) is 9.97 Å². The van der Waals surface area contributed by atoms with Crippen molar-refractivity contribution in [2.75, 3.05) is 12.4 Å². The molecule has 0 bridgehead atoms. The number of hydrogen-bond acceptors (Lipinski definition) is 4. The van der Waals surface area contributed by atoms with Gasteiger partial charge in [0.2, 0.25) is 11.8 Å². The molecule has 1 aliphatic rings. The molecule has 0 saturated heterocycles. The molecule has 0 spiro atoms. The van der Waals surface area contributed by atoms with E-state index in [0.29, 0.717) is 17.9 Å². The predicted octanol–water partition coefficient (Wildman–Crippen LogP) is 3.17. The standard InChI is InChI=1S/C14H23N3O/c1-4-11-5-7-12(8-6-11)16-14-15-10(2)9-13(17-14)18-3/h9,11-12H,4-8H2,1-3H3,(H,15,16,17). The summed E-state index contributed by atoms with van der Waals surface area (Å²) in [6.07, 6.45) is 6.38. The van der Waals surface area contributed by atoms with Crippen molar-refractivity contribution >= 4 is 5.95 Å². The monoisotopic (exact) mass is 249 g/mol. The van der Waals surface area contributed by atoms with Crippen LogP contribution in [0.2, 0.25) is 0 Å². The molecule has 1 fully saturated rings. The molecule has 0 unspecified atom stereocenters. The third-order valence-electron chi connectivity index (χ3n) is 3.80. The molecule has 0 aliphatic heterocycles. The number of rotatable bonds is 4. The Morgan fingerprint density at radius 2 is 2.00 bits per heavy atom. The molecular formula is C14H23N3O. The zero-order valence-corrected chi connectivity index (χ0v) is 11.6. The van der Waals surface area contributed by atoms with Gasteiger partial charge in [0.25, 0.3) is 0 Å². The highest BCUT2D eigenvalue weighted by atomic mass is 16.5. The van der Waals surface area contributed by atoms with Crippen LogP contribution in [0.25, 0.3) is 0 Å². The van der Waals surface area contributed by atoms with Gasteiger partial charge in [-0.25, -0.2) is 4.98 Å². The molecule has 100 valence electrons. The van der Waals surface area contributed by atoms with Crippen LogP contribution in [0.4, 0.5) is 5.95 Å². The zero-order chi connectivity index (χ0) is 13.0. The molecule has 4 nitrogen and oxygen atoms in total. The molecule has 1 saturated carbocycles. The first-order valence-corrected chi connectivity index (χ1v) is 6.87. The zero-order valence-electron chi connectivity index (χ0n) is 11.6. The molecular weight excluding hydrogens is 226 g/mol. The van der Waals surface area contributed by atoms with Gasteiger partial charge in [-0.3, -0.25) is 0 Å². The van der Waals surface area contributed by atoms with Crippen LogP contribution >= 0.6 is 0 Å². The van der Waals surface area contributed by atoms with Gasteiger partial charge in [0.1, 0.15) is 0 Å². The maximum Gasteiger partial charge on any atom is 0.226 e. The highest BCUT2D eigenvalue weighted by molar-refractivity contribution is 5.31. The van der Waals surface area contributed by atoms with Gasteiger partial charge in [0.15, 0.2) is 0 Å². The van der Waals surface area contributed by atoms with Gasteiger partial charge in [-0.1, -0.05) is 13.3 Å². The second kappa shape index (κ2) is 6.03. The van der Waals surface area contributed by atoms with Gasteiger partial charge in [0, 0.05) is 17.8 Å². The molecule has 1 N–H and O–H groups in total. The fraction of sp³-hybridized carbons (Fsp3) is 0.714. The Kier molecular flexibility index (Phi) is 4.39. The molecule has 0 amide bonds. The third kappa shape index (κ3) is 3.34. The Bertz CT molecular complexity index is 387. The first kappa shape index (κ1) is 13.1. The van der Waals surface area contributed by atoms with Crippen molar-refractivity contribution in [3.8, 4) is 5.88 Å². The Balaban J connectivity index is 1.95. The normalized spacial score (nSPS) is 23.7. The van der Waals surface area contributed by atoms with Gasteiger partial charge < -0.3 is 10.1 Å². The van der Waals surface area contributed by atoms with Gasteiger partial charge in [0.05, 0.1) is 7.11 Å². The minimum Gasteiger partial charge on any atom is -0.481 e. The Morgan fingerprint density at radius 3 is 2.61 bits per heavy atom. The quantitative estimate of drug-likeness (QED) is 0.890. The topological polar surface area (TPSA) is 47.0 Å². The number of aryl methyl sites for hydroxylation is 1. The van der Waals surface area contributed by atoms with Crippen molar-refractivity contribution in [2.45, 2.75) is 52.0 Å². The Morgan fingerprint density at radius 1 is 1.28 bits per heavy atom. The average molecular weight is 249 g/mol. The Labute approximate surface area is 109 Å². The second-order valence-electron chi connectivity index (χ2n) is 5.15. The summed E-state index contributed by atoms with van der Waals surface area (Å²) < 4.78 is 5.17. The fourth-order valence-electron chi connectivity index (χ4n) is 2.61. The second-order valence-corrected chi connectivity index (χ2v) is 5.15. The van der Waals surface area contributed by atoms with Gasteiger partial charge in [-0.15, -0.1) is 0 Å². The van der Waals surface area contributed by atoms with E-state index in [4.69, 9.17) is 4.74 Å². The van der Waals surface area contributed by atoms with Crippen LogP contribution in [0.1, 0.15) is 44.7 Å². The van der Waals surface area contributed by atoms with Crippen molar-refractivity contribution in [3.05, 3.63) is 11.8 Å². The number of anilines is 1. The number of methoxy groups -OCH3 is 1. The SMILES string of the molecule is CCC1CCC(Nc2nc(C)cc(OC)n2)CC1. The Hall–Kier alpha value is -1.32. The van der Waals surface area contributed by atoms with Crippen LogP contribution in [0.5, 0.6) is 5.88 Å². The van der Waals surface area contributed by atoms with E-state index in [9.17, 15) is 0 Å². The van der Waals surface area contributed by atoms with Crippen molar-refractivity contribution in [1.29, 1.82) is 0 Å². The largest absolute Gasteiger partial charge is 0.481 e. The lowest BCUT2D eigenvalue weighted by Gasteiger charge is -2.28. The molecule has 1 heterocycles. The molecule has 4 heteroatoms. The van der Waals surface area contributed by atoms with Gasteiger partial charge >= 0.3 is 0 Å². The maximum atomic E-state index is 5.17. The van der Waals surface area contributed by atoms with Crippen LogP contribution in [-0.4, -0.2) is 23.1 Å². The number of ether oxygens (including phenoxy) is 1. The van der Waals surface area contributed by atoms with E-state index in [1.54, 1.807) is 7.11 Å². The molecule has 0 radical (unpaired) electrons. The van der Waals surface area contributed by atoms with Crippen LogP contribution in [0.3, 0.4) is 0 Å². The van der Waals surface area contributed by atoms with Crippen LogP contribution < -0.4 is 10.1 Å². The summed E-state index contributed by atoms with van der Waals surface area (Å²) in [6, 6.07) is 2.36. The fourth-order valence-corrected chi connectivity index (χ4v) is 2.61. The minimum absolute atomic E-state index is 0.513. The van der Waals surface area contributed by atoms with E-state index in [-0.39, 0.29) is 0 Å². The highest BCUT2D eigenvalue weighted by Crippen LogP contribution is 2.28. The van der Waals surface area contributed by atoms with Crippen LogP contribution in [0, 0.1) is 12.8 Å². The summed E-state index contributed by atoms with van der Waals surface area (Å²) in [5.41, 5.74) is 0.937. The van der Waals surface area contributed by atoms with E-state index in [1.165, 1.54) is 32.1 Å². The average Bonchev–Trinajstić information content (AvgIpc) is 2.39. The van der Waals surface area contributed by atoms with Crippen molar-refractivity contribution in [3.63, 3.8) is 0 Å². The number of hydrogen-bond donors (Lipinski definition) is 1. The lowest BCUT2D eigenvalue weighted by molar-refractivity contribution is 0.329. The lowest BCUT2D eigenvalue weighted by atomic mass is 9.85. The van der Waals surface area contributed by atoms with Crippen LogP contribution in [-0.2, 0) is 0 Å². The van der Waals surface area contributed by atoms with E-state index in [2.05, 4.69) is 22.2 Å². The lowest BCUT2D eigenvalue weighted by Crippen LogP contribution is -2.26. The molecule has 1 aromatic rings. The molecule has 1 aliphatic carbocycles. The van der Waals surface area contributed by atoms with E-state index in [1.807, 2.05) is 13.0 Å². The summed E-state index contributed by atoms with van der Waals surface area (Å²) in [4.78, 5) is 8.75. The maximum absolute atomic E-state index is 5.17. The van der Waals surface area contributed by atoms with Gasteiger partial charge in [-0.05, 0) is 38.5 Å². The summed E-state index contributed by atoms with van der Waals surface area (Å²) in [6.45, 7) is 4.25. The predicted molar refractivity (Wildman–Crippen MR) is 73.0 cm³/mol. The first-order valence-electron chi connectivity index (χ1n) is 6.87. The van der Waals surface area contributed by atoms with Crippen molar-refractivity contribution < 1.29 is 4.74 Å². The number of nitrogens with zero attached hydrogens (tertiary/aromatic N) is 2. The van der Waals surface area contributed by atoms with E-state index >= 15 is 0 Å². The molecule has 18 heavy (non-hydrogen) atoms. The van der Waals surface area contributed by atoms with E-state index < -0.39 is 0 Å². The van der Waals surface area contributed by atoms with Crippen molar-refractivity contribution in [2.24, 2.45) is 5.92 Å². The molecule has 0 aromatic carbocycles. The number of aromatic nitrogens is 2. The summed E-state index contributed by atoms with van der Waals surface area (Å²) in [5.74, 6) is 2.25. The first-order chi connectivity index (χ1) is 8.71. The van der Waals surface area contributed by atoms with E-state index in [0.717, 1.165) is 11.6 Å². The molecule has 1 aromatic heterocycles. The van der Waals surface area contributed by atoms with Crippen LogP contribution in [0.15, 0.2) is 6.07 Å². The smallest absolute Gasteiger partial charge is 0.226 e. The number of nitrogens with one attached hydrogen (secondary N) is 1. The summed E-state index contributed by atoms with van der Waals surface area (Å²) in [7, 11) is 1.64. The van der Waals surface area contributed by atoms with Gasteiger partial charge in [-0.2, -0.15) is 4.98 Å². The molecule has 2 rings (SSSR count).